The number of nitrogens with zero attached hydrogens (tertiary/aromatic N) is 2. The Morgan fingerprint density at radius 1 is 1.07 bits per heavy atom. The summed E-state index contributed by atoms with van der Waals surface area (Å²) in [6.45, 7) is 0. The van der Waals surface area contributed by atoms with Gasteiger partial charge >= 0.3 is 6.18 Å². The molecule has 9 heteroatoms. The molecular weight excluding hydrogens is 437 g/mol. The second-order valence-electron chi connectivity index (χ2n) is 6.40. The van der Waals surface area contributed by atoms with Crippen LogP contribution in [0.15, 0.2) is 59.3 Å². The Kier molecular flexibility index (Phi) is 4.40. The number of pyridine rings is 2. The number of hydrogen-bond donors (Lipinski definition) is 3. The zero-order chi connectivity index (χ0) is 20.1. The SMILES string of the molecule is NC1NC(c2ccnc(C(F)(F)F)c2)(c2ccc(O)c(Br)c2)c2cccnc21. The zero-order valence-corrected chi connectivity index (χ0v) is 15.8. The second-order valence-corrected chi connectivity index (χ2v) is 7.26. The molecule has 28 heavy (non-hydrogen) atoms. The minimum absolute atomic E-state index is 0.0123. The van der Waals surface area contributed by atoms with E-state index in [0.717, 1.165) is 12.3 Å². The Hall–Kier alpha value is -2.49. The van der Waals surface area contributed by atoms with Crippen LogP contribution < -0.4 is 11.1 Å². The fourth-order valence-corrected chi connectivity index (χ4v) is 3.94. The number of nitrogens with one attached hydrogen (secondary N) is 1. The largest absolute Gasteiger partial charge is 0.507 e. The number of aromatic hydroxyl groups is 1. The number of phenolic OH excluding ortho intramolecular Hbond substituents is 1. The molecule has 0 bridgehead atoms. The van der Waals surface area contributed by atoms with Crippen molar-refractivity contribution in [2.24, 2.45) is 5.73 Å². The summed E-state index contributed by atoms with van der Waals surface area (Å²) in [5, 5.41) is 13.1. The highest BCUT2D eigenvalue weighted by atomic mass is 79.9. The van der Waals surface area contributed by atoms with Crippen molar-refractivity contribution in [3.63, 3.8) is 0 Å². The third-order valence-electron chi connectivity index (χ3n) is 4.77. The van der Waals surface area contributed by atoms with Gasteiger partial charge < -0.3 is 10.8 Å². The van der Waals surface area contributed by atoms with Gasteiger partial charge in [0, 0.05) is 18.0 Å². The van der Waals surface area contributed by atoms with Crippen molar-refractivity contribution in [3.8, 4) is 5.75 Å². The van der Waals surface area contributed by atoms with Gasteiger partial charge in [0.05, 0.1) is 15.7 Å². The molecule has 0 aliphatic carbocycles. The lowest BCUT2D eigenvalue weighted by Gasteiger charge is -2.33. The molecule has 1 aromatic carbocycles. The van der Waals surface area contributed by atoms with Gasteiger partial charge in [0.15, 0.2) is 0 Å². The lowest BCUT2D eigenvalue weighted by atomic mass is 9.78. The Bertz CT molecular complexity index is 1060. The van der Waals surface area contributed by atoms with Crippen molar-refractivity contribution in [2.45, 2.75) is 17.9 Å². The molecule has 0 radical (unpaired) electrons. The van der Waals surface area contributed by atoms with Gasteiger partial charge in [0.25, 0.3) is 0 Å². The van der Waals surface area contributed by atoms with Crippen LogP contribution in [0.1, 0.15) is 34.2 Å². The van der Waals surface area contributed by atoms with Crippen LogP contribution in [0.2, 0.25) is 0 Å². The molecule has 4 N–H and O–H groups in total. The van der Waals surface area contributed by atoms with Crippen LogP contribution in [-0.2, 0) is 11.7 Å². The standard InChI is InChI=1S/C19H14BrF3N4O/c20-13-8-10(3-4-14(13)28)18(11-5-7-25-15(9-11)19(21,22)23)12-2-1-6-26-16(12)17(24)27-18/h1-9,17,27-28H,24H2. The maximum absolute atomic E-state index is 13.3. The lowest BCUT2D eigenvalue weighted by molar-refractivity contribution is -0.141. The van der Waals surface area contributed by atoms with Crippen LogP contribution in [-0.4, -0.2) is 15.1 Å². The average Bonchev–Trinajstić information content (AvgIpc) is 2.97. The summed E-state index contributed by atoms with van der Waals surface area (Å²) in [7, 11) is 0. The Balaban J connectivity index is 2.03. The van der Waals surface area contributed by atoms with E-state index in [9.17, 15) is 18.3 Å². The molecule has 0 fully saturated rings. The van der Waals surface area contributed by atoms with Crippen molar-refractivity contribution in [1.29, 1.82) is 0 Å². The second kappa shape index (κ2) is 6.54. The Morgan fingerprint density at radius 2 is 1.82 bits per heavy atom. The van der Waals surface area contributed by atoms with Crippen molar-refractivity contribution < 1.29 is 18.3 Å². The number of fused-ring (bicyclic) bond motifs is 1. The maximum Gasteiger partial charge on any atom is 0.433 e. The Morgan fingerprint density at radius 3 is 2.54 bits per heavy atom. The van der Waals surface area contributed by atoms with Crippen molar-refractivity contribution in [2.75, 3.05) is 0 Å². The van der Waals surface area contributed by atoms with Gasteiger partial charge in [-0.15, -0.1) is 0 Å². The summed E-state index contributed by atoms with van der Waals surface area (Å²) in [6, 6.07) is 10.7. The molecule has 0 spiro atoms. The first-order chi connectivity index (χ1) is 13.2. The molecule has 4 rings (SSSR count). The van der Waals surface area contributed by atoms with Gasteiger partial charge in [-0.05, 0) is 57.4 Å². The van der Waals surface area contributed by atoms with E-state index in [1.54, 1.807) is 30.5 Å². The van der Waals surface area contributed by atoms with E-state index < -0.39 is 23.6 Å². The van der Waals surface area contributed by atoms with Crippen LogP contribution in [0, 0.1) is 0 Å². The maximum atomic E-state index is 13.3. The predicted octanol–water partition coefficient (Wildman–Crippen LogP) is 3.82. The van der Waals surface area contributed by atoms with Crippen LogP contribution in [0.5, 0.6) is 5.75 Å². The number of aromatic nitrogens is 2. The third-order valence-corrected chi connectivity index (χ3v) is 5.41. The molecule has 2 atom stereocenters. The summed E-state index contributed by atoms with van der Waals surface area (Å²) in [5.74, 6) is 0.0123. The predicted molar refractivity (Wildman–Crippen MR) is 99.2 cm³/mol. The van der Waals surface area contributed by atoms with Crippen LogP contribution in [0.3, 0.4) is 0 Å². The zero-order valence-electron chi connectivity index (χ0n) is 14.2. The summed E-state index contributed by atoms with van der Waals surface area (Å²) in [4.78, 5) is 7.78. The molecule has 5 nitrogen and oxygen atoms in total. The number of phenols is 1. The normalized spacial score (nSPS) is 21.5. The molecular formula is C19H14BrF3N4O. The highest BCUT2D eigenvalue weighted by Crippen LogP contribution is 2.46. The first kappa shape index (κ1) is 18.9. The van der Waals surface area contributed by atoms with Crippen LogP contribution in [0.4, 0.5) is 13.2 Å². The minimum Gasteiger partial charge on any atom is -0.507 e. The molecule has 0 saturated heterocycles. The number of nitrogens with two attached hydrogens (primary N) is 1. The molecule has 3 aromatic rings. The van der Waals surface area contributed by atoms with Crippen LogP contribution in [0.25, 0.3) is 0 Å². The smallest absolute Gasteiger partial charge is 0.433 e. The minimum atomic E-state index is -4.59. The van der Waals surface area contributed by atoms with E-state index in [-0.39, 0.29) is 5.75 Å². The monoisotopic (exact) mass is 450 g/mol. The number of rotatable bonds is 2. The highest BCUT2D eigenvalue weighted by molar-refractivity contribution is 9.10. The van der Waals surface area contributed by atoms with Gasteiger partial charge in [-0.1, -0.05) is 12.1 Å². The molecule has 144 valence electrons. The van der Waals surface area contributed by atoms with Crippen LogP contribution >= 0.6 is 15.9 Å². The van der Waals surface area contributed by atoms with Gasteiger partial charge in [-0.25, -0.2) is 0 Å². The van der Waals surface area contributed by atoms with E-state index in [1.807, 2.05) is 0 Å². The quantitative estimate of drug-likeness (QED) is 0.552. The molecule has 2 aromatic heterocycles. The fourth-order valence-electron chi connectivity index (χ4n) is 3.57. The first-order valence-corrected chi connectivity index (χ1v) is 9.04. The molecule has 0 amide bonds. The summed E-state index contributed by atoms with van der Waals surface area (Å²) < 4.78 is 40.3. The summed E-state index contributed by atoms with van der Waals surface area (Å²) in [6.07, 6.45) is -2.58. The number of alkyl halides is 3. The average molecular weight is 451 g/mol. The van der Waals surface area contributed by atoms with Crippen molar-refractivity contribution >= 4 is 15.9 Å². The van der Waals surface area contributed by atoms with Crippen molar-refractivity contribution in [3.05, 3.63) is 87.4 Å². The third kappa shape index (κ3) is 2.86. The molecule has 1 aliphatic rings. The molecule has 0 saturated carbocycles. The Labute approximate surface area is 166 Å². The van der Waals surface area contributed by atoms with E-state index >= 15 is 0 Å². The van der Waals surface area contributed by atoms with E-state index in [4.69, 9.17) is 5.73 Å². The van der Waals surface area contributed by atoms with E-state index in [2.05, 4.69) is 31.2 Å². The molecule has 3 heterocycles. The topological polar surface area (TPSA) is 84.1 Å². The van der Waals surface area contributed by atoms with Gasteiger partial charge in [-0.3, -0.25) is 15.3 Å². The van der Waals surface area contributed by atoms with Gasteiger partial charge in [-0.2, -0.15) is 13.2 Å². The number of hydrogen-bond acceptors (Lipinski definition) is 5. The first-order valence-electron chi connectivity index (χ1n) is 8.25. The van der Waals surface area contributed by atoms with Crippen molar-refractivity contribution in [1.82, 2.24) is 15.3 Å². The van der Waals surface area contributed by atoms with E-state index in [0.29, 0.717) is 26.9 Å². The number of benzene rings is 1. The lowest BCUT2D eigenvalue weighted by Crippen LogP contribution is -2.42. The van der Waals surface area contributed by atoms with Gasteiger partial charge in [0.2, 0.25) is 0 Å². The fraction of sp³-hybridized carbons (Fsp3) is 0.158. The van der Waals surface area contributed by atoms with E-state index in [1.165, 1.54) is 12.1 Å². The summed E-state index contributed by atoms with van der Waals surface area (Å²) >= 11 is 3.27. The highest BCUT2D eigenvalue weighted by Gasteiger charge is 2.47. The van der Waals surface area contributed by atoms with Gasteiger partial charge in [0.1, 0.15) is 17.6 Å². The summed E-state index contributed by atoms with van der Waals surface area (Å²) in [5.41, 5.74) is 6.11. The molecule has 2 unspecified atom stereocenters. The molecule has 1 aliphatic heterocycles. The number of halogens is 4.